The Bertz CT molecular complexity index is 748. The highest BCUT2D eigenvalue weighted by molar-refractivity contribution is 5.82. The summed E-state index contributed by atoms with van der Waals surface area (Å²) in [6, 6.07) is 6.62. The zero-order valence-electron chi connectivity index (χ0n) is 10.9. The molecule has 0 spiro atoms. The minimum absolute atomic E-state index is 0.157. The van der Waals surface area contributed by atoms with Crippen LogP contribution in [0.2, 0.25) is 0 Å². The molecule has 0 saturated heterocycles. The van der Waals surface area contributed by atoms with Crippen LogP contribution >= 0.6 is 0 Å². The predicted molar refractivity (Wildman–Crippen MR) is 71.7 cm³/mol. The van der Waals surface area contributed by atoms with Gasteiger partial charge >= 0.3 is 0 Å². The van der Waals surface area contributed by atoms with Crippen molar-refractivity contribution in [1.82, 2.24) is 10.1 Å². The fraction of sp³-hybridized carbons (Fsp3) is 0.214. The fourth-order valence-corrected chi connectivity index (χ4v) is 2.05. The van der Waals surface area contributed by atoms with Crippen molar-refractivity contribution < 1.29 is 13.7 Å². The lowest BCUT2D eigenvalue weighted by Gasteiger charge is -2.05. The average molecular weight is 275 g/mol. The lowest BCUT2D eigenvalue weighted by Crippen LogP contribution is -1.97. The highest BCUT2D eigenvalue weighted by Gasteiger charge is 2.10. The number of aromatic amines is 1. The summed E-state index contributed by atoms with van der Waals surface area (Å²) in [6.07, 6.45) is 0. The number of nitrogens with two attached hydrogens (primary N) is 1. The van der Waals surface area contributed by atoms with Crippen molar-refractivity contribution in [3.63, 3.8) is 0 Å². The third kappa shape index (κ3) is 2.37. The predicted octanol–water partition coefficient (Wildman–Crippen LogP) is 2.64. The molecule has 20 heavy (non-hydrogen) atoms. The number of benzene rings is 1. The molecular formula is C14H14FN3O2. The van der Waals surface area contributed by atoms with E-state index in [0.717, 1.165) is 16.6 Å². The number of rotatable bonds is 4. The third-order valence-corrected chi connectivity index (χ3v) is 3.00. The van der Waals surface area contributed by atoms with Crippen molar-refractivity contribution >= 4 is 10.9 Å². The van der Waals surface area contributed by atoms with Crippen LogP contribution in [0.1, 0.15) is 17.1 Å². The number of fused-ring (bicyclic) bond motifs is 1. The Morgan fingerprint density at radius 2 is 2.20 bits per heavy atom. The molecule has 0 aliphatic carbocycles. The number of aromatic nitrogens is 2. The molecule has 5 nitrogen and oxygen atoms in total. The van der Waals surface area contributed by atoms with Gasteiger partial charge in [0.25, 0.3) is 0 Å². The first-order valence-electron chi connectivity index (χ1n) is 6.22. The summed E-state index contributed by atoms with van der Waals surface area (Å²) >= 11 is 0. The van der Waals surface area contributed by atoms with Crippen molar-refractivity contribution in [2.24, 2.45) is 5.73 Å². The number of hydrogen-bond acceptors (Lipinski definition) is 4. The molecule has 0 fully saturated rings. The standard InChI is InChI=1S/C14H14FN3O2/c1-8-2-11(18-20-8)7-19-14-5-13-9(4-12(14)15)3-10(6-16)17-13/h2-5,17H,6-7,16H2,1H3. The van der Waals surface area contributed by atoms with E-state index in [1.165, 1.54) is 6.07 Å². The van der Waals surface area contributed by atoms with Crippen LogP contribution in [0.5, 0.6) is 5.75 Å². The maximum Gasteiger partial charge on any atom is 0.165 e. The van der Waals surface area contributed by atoms with Gasteiger partial charge in [-0.1, -0.05) is 5.16 Å². The molecule has 0 unspecified atom stereocenters. The van der Waals surface area contributed by atoms with Crippen LogP contribution in [0.4, 0.5) is 4.39 Å². The first kappa shape index (κ1) is 12.7. The lowest BCUT2D eigenvalue weighted by molar-refractivity contribution is 0.275. The van der Waals surface area contributed by atoms with Crippen molar-refractivity contribution in [3.8, 4) is 5.75 Å². The first-order chi connectivity index (χ1) is 9.65. The average Bonchev–Trinajstić information content (AvgIpc) is 3.01. The van der Waals surface area contributed by atoms with E-state index < -0.39 is 5.82 Å². The Morgan fingerprint density at radius 1 is 1.35 bits per heavy atom. The molecule has 3 N–H and O–H groups in total. The molecule has 2 heterocycles. The number of hydrogen-bond donors (Lipinski definition) is 2. The molecule has 3 aromatic rings. The Hall–Kier alpha value is -2.34. The third-order valence-electron chi connectivity index (χ3n) is 3.00. The normalized spacial score (nSPS) is 11.2. The van der Waals surface area contributed by atoms with Gasteiger partial charge in [-0.25, -0.2) is 4.39 Å². The molecule has 0 atom stereocenters. The lowest BCUT2D eigenvalue weighted by atomic mass is 10.2. The van der Waals surface area contributed by atoms with Crippen LogP contribution in [-0.2, 0) is 13.2 Å². The van der Waals surface area contributed by atoms with Gasteiger partial charge in [0.15, 0.2) is 11.6 Å². The Labute approximate surface area is 114 Å². The molecule has 0 aliphatic heterocycles. The Morgan fingerprint density at radius 3 is 2.90 bits per heavy atom. The molecule has 0 amide bonds. The van der Waals surface area contributed by atoms with Crippen LogP contribution in [-0.4, -0.2) is 10.1 Å². The molecule has 0 bridgehead atoms. The Kier molecular flexibility index (Phi) is 3.15. The first-order valence-corrected chi connectivity index (χ1v) is 6.22. The van der Waals surface area contributed by atoms with Gasteiger partial charge in [-0.05, 0) is 19.1 Å². The summed E-state index contributed by atoms with van der Waals surface area (Å²) in [5.74, 6) is 0.445. The van der Waals surface area contributed by atoms with Gasteiger partial charge in [-0.3, -0.25) is 0 Å². The van der Waals surface area contributed by atoms with Crippen LogP contribution < -0.4 is 10.5 Å². The van der Waals surface area contributed by atoms with Gasteiger partial charge in [-0.15, -0.1) is 0 Å². The highest BCUT2D eigenvalue weighted by Crippen LogP contribution is 2.26. The van der Waals surface area contributed by atoms with Gasteiger partial charge in [0.2, 0.25) is 0 Å². The largest absolute Gasteiger partial charge is 0.484 e. The SMILES string of the molecule is Cc1cc(COc2cc3[nH]c(CN)cc3cc2F)no1. The van der Waals surface area contributed by atoms with Gasteiger partial charge in [0.05, 0.1) is 0 Å². The smallest absolute Gasteiger partial charge is 0.165 e. The van der Waals surface area contributed by atoms with E-state index in [2.05, 4.69) is 10.1 Å². The zero-order valence-corrected chi connectivity index (χ0v) is 10.9. The molecule has 6 heteroatoms. The van der Waals surface area contributed by atoms with Crippen molar-refractivity contribution in [2.45, 2.75) is 20.1 Å². The Balaban J connectivity index is 1.85. The number of ether oxygens (including phenoxy) is 1. The van der Waals surface area contributed by atoms with Gasteiger partial charge in [0, 0.05) is 35.3 Å². The summed E-state index contributed by atoms with van der Waals surface area (Å²) < 4.78 is 24.3. The maximum absolute atomic E-state index is 13.9. The summed E-state index contributed by atoms with van der Waals surface area (Å²) in [5, 5.41) is 4.56. The van der Waals surface area contributed by atoms with Gasteiger partial charge in [0.1, 0.15) is 18.1 Å². The molecule has 2 aromatic heterocycles. The summed E-state index contributed by atoms with van der Waals surface area (Å²) in [6.45, 7) is 2.32. The van der Waals surface area contributed by atoms with Crippen LogP contribution in [0.25, 0.3) is 10.9 Å². The topological polar surface area (TPSA) is 77.1 Å². The van der Waals surface area contributed by atoms with E-state index in [1.807, 2.05) is 6.07 Å². The number of nitrogens with one attached hydrogen (secondary N) is 1. The maximum atomic E-state index is 13.9. The minimum atomic E-state index is -0.416. The second-order valence-corrected chi connectivity index (χ2v) is 4.59. The summed E-state index contributed by atoms with van der Waals surface area (Å²) in [5.41, 5.74) is 7.81. The second-order valence-electron chi connectivity index (χ2n) is 4.59. The van der Waals surface area contributed by atoms with E-state index in [-0.39, 0.29) is 12.4 Å². The van der Waals surface area contributed by atoms with Crippen molar-refractivity contribution in [1.29, 1.82) is 0 Å². The zero-order chi connectivity index (χ0) is 14.1. The molecule has 104 valence electrons. The molecular weight excluding hydrogens is 261 g/mol. The number of H-pyrrole nitrogens is 1. The van der Waals surface area contributed by atoms with E-state index >= 15 is 0 Å². The summed E-state index contributed by atoms with van der Waals surface area (Å²) in [7, 11) is 0. The van der Waals surface area contributed by atoms with E-state index in [9.17, 15) is 4.39 Å². The van der Waals surface area contributed by atoms with E-state index in [1.54, 1.807) is 19.1 Å². The van der Waals surface area contributed by atoms with Crippen LogP contribution in [0.3, 0.4) is 0 Å². The molecule has 3 rings (SSSR count). The quantitative estimate of drug-likeness (QED) is 0.767. The molecule has 0 radical (unpaired) electrons. The minimum Gasteiger partial charge on any atom is -0.484 e. The van der Waals surface area contributed by atoms with Crippen LogP contribution in [0.15, 0.2) is 28.8 Å². The molecule has 1 aromatic carbocycles. The monoisotopic (exact) mass is 275 g/mol. The molecule has 0 aliphatic rings. The van der Waals surface area contributed by atoms with Crippen molar-refractivity contribution in [3.05, 3.63) is 47.2 Å². The number of nitrogens with zero attached hydrogens (tertiary/aromatic N) is 1. The fourth-order valence-electron chi connectivity index (χ4n) is 2.05. The van der Waals surface area contributed by atoms with Crippen molar-refractivity contribution in [2.75, 3.05) is 0 Å². The summed E-state index contributed by atoms with van der Waals surface area (Å²) in [4.78, 5) is 3.11. The van der Waals surface area contributed by atoms with Crippen LogP contribution in [0, 0.1) is 12.7 Å². The van der Waals surface area contributed by atoms with E-state index in [4.69, 9.17) is 15.0 Å². The van der Waals surface area contributed by atoms with E-state index in [0.29, 0.717) is 18.0 Å². The number of aryl methyl sites for hydroxylation is 1. The van der Waals surface area contributed by atoms with Gasteiger partial charge in [-0.2, -0.15) is 0 Å². The number of halogens is 1. The second kappa shape index (κ2) is 4.97. The van der Waals surface area contributed by atoms with Gasteiger partial charge < -0.3 is 20.0 Å². The highest BCUT2D eigenvalue weighted by atomic mass is 19.1. The molecule has 0 saturated carbocycles.